The van der Waals surface area contributed by atoms with Crippen LogP contribution in [0.5, 0.6) is 0 Å². The second-order valence-corrected chi connectivity index (χ2v) is 2.20. The molecular weight excluding hydrogens is 148 g/mol. The van der Waals surface area contributed by atoms with Gasteiger partial charge in [-0.1, -0.05) is 0 Å². The topological polar surface area (TPSA) is 84.1 Å². The van der Waals surface area contributed by atoms with Crippen LogP contribution in [0.25, 0.3) is 0 Å². The third-order valence-corrected chi connectivity index (χ3v) is 1.29. The Kier molecular flexibility index (Phi) is 2.94. The van der Waals surface area contributed by atoms with E-state index in [-0.39, 0.29) is 6.61 Å². The molecule has 1 rings (SSSR count). The average Bonchev–Trinajstić information content (AvgIpc) is 2.52. The van der Waals surface area contributed by atoms with Gasteiger partial charge in [0.25, 0.3) is 0 Å². The number of rotatable bonds is 4. The zero-order valence-corrected chi connectivity index (χ0v) is 5.96. The van der Waals surface area contributed by atoms with Crippen molar-refractivity contribution < 1.29 is 10.2 Å². The summed E-state index contributed by atoms with van der Waals surface area (Å²) in [5.41, 5.74) is 0. The lowest BCUT2D eigenvalue weighted by Crippen LogP contribution is -2.15. The van der Waals surface area contributed by atoms with Crippen LogP contribution in [0, 0.1) is 0 Å². The molecule has 6 heteroatoms. The van der Waals surface area contributed by atoms with Crippen LogP contribution >= 0.6 is 0 Å². The van der Waals surface area contributed by atoms with Gasteiger partial charge in [-0.25, -0.2) is 4.68 Å². The second-order valence-electron chi connectivity index (χ2n) is 2.20. The van der Waals surface area contributed by atoms with E-state index in [1.54, 1.807) is 0 Å². The SMILES string of the molecule is OCC(O)CCn1cnnn1. The van der Waals surface area contributed by atoms with Gasteiger partial charge >= 0.3 is 0 Å². The van der Waals surface area contributed by atoms with Gasteiger partial charge in [-0.15, -0.1) is 5.10 Å². The largest absolute Gasteiger partial charge is 0.394 e. The summed E-state index contributed by atoms with van der Waals surface area (Å²) in [5.74, 6) is 0. The molecule has 0 amide bonds. The molecule has 1 aromatic heterocycles. The first-order chi connectivity index (χ1) is 5.33. The van der Waals surface area contributed by atoms with E-state index in [0.29, 0.717) is 13.0 Å². The van der Waals surface area contributed by atoms with Crippen LogP contribution in [-0.4, -0.2) is 43.1 Å². The van der Waals surface area contributed by atoms with Gasteiger partial charge in [0.1, 0.15) is 6.33 Å². The highest BCUT2D eigenvalue weighted by Gasteiger charge is 2.01. The molecule has 0 fully saturated rings. The molecule has 1 atom stereocenters. The molecule has 1 heterocycles. The van der Waals surface area contributed by atoms with E-state index in [2.05, 4.69) is 15.5 Å². The Hall–Kier alpha value is -1.01. The highest BCUT2D eigenvalue weighted by atomic mass is 16.3. The molecule has 0 saturated heterocycles. The fourth-order valence-electron chi connectivity index (χ4n) is 0.655. The first-order valence-electron chi connectivity index (χ1n) is 3.32. The van der Waals surface area contributed by atoms with Crippen LogP contribution in [0.2, 0.25) is 0 Å². The van der Waals surface area contributed by atoms with Gasteiger partial charge in [0, 0.05) is 6.54 Å². The zero-order chi connectivity index (χ0) is 8.10. The minimum Gasteiger partial charge on any atom is -0.394 e. The van der Waals surface area contributed by atoms with Crippen LogP contribution < -0.4 is 0 Å². The van der Waals surface area contributed by atoms with E-state index >= 15 is 0 Å². The fraction of sp³-hybridized carbons (Fsp3) is 0.800. The molecule has 2 N–H and O–H groups in total. The molecule has 0 aliphatic heterocycles. The molecule has 6 nitrogen and oxygen atoms in total. The Bertz CT molecular complexity index is 188. The molecule has 1 unspecified atom stereocenters. The molecule has 1 aromatic rings. The Morgan fingerprint density at radius 1 is 1.55 bits per heavy atom. The molecule has 0 aliphatic carbocycles. The summed E-state index contributed by atoms with van der Waals surface area (Å²) >= 11 is 0. The summed E-state index contributed by atoms with van der Waals surface area (Å²) in [5, 5.41) is 27.8. The predicted molar refractivity (Wildman–Crippen MR) is 35.5 cm³/mol. The monoisotopic (exact) mass is 158 g/mol. The van der Waals surface area contributed by atoms with E-state index in [1.807, 2.05) is 0 Å². The molecule has 0 bridgehead atoms. The van der Waals surface area contributed by atoms with Gasteiger partial charge in [0.05, 0.1) is 12.7 Å². The van der Waals surface area contributed by atoms with Crippen LogP contribution in [-0.2, 0) is 6.54 Å². The maximum atomic E-state index is 8.92. The third kappa shape index (κ3) is 2.60. The van der Waals surface area contributed by atoms with Gasteiger partial charge in [-0.05, 0) is 16.8 Å². The van der Waals surface area contributed by atoms with Crippen molar-refractivity contribution in [2.75, 3.05) is 6.61 Å². The average molecular weight is 158 g/mol. The number of aryl methyl sites for hydroxylation is 1. The van der Waals surface area contributed by atoms with Crippen molar-refractivity contribution in [1.29, 1.82) is 0 Å². The number of aliphatic hydroxyl groups is 2. The number of nitrogens with zero attached hydrogens (tertiary/aromatic N) is 4. The van der Waals surface area contributed by atoms with E-state index < -0.39 is 6.10 Å². The van der Waals surface area contributed by atoms with Crippen molar-refractivity contribution in [3.63, 3.8) is 0 Å². The number of hydrogen-bond acceptors (Lipinski definition) is 5. The minimum absolute atomic E-state index is 0.220. The van der Waals surface area contributed by atoms with Crippen molar-refractivity contribution in [1.82, 2.24) is 20.2 Å². The lowest BCUT2D eigenvalue weighted by molar-refractivity contribution is 0.0836. The van der Waals surface area contributed by atoms with Crippen LogP contribution in [0.1, 0.15) is 6.42 Å². The molecule has 62 valence electrons. The minimum atomic E-state index is -0.681. The van der Waals surface area contributed by atoms with E-state index in [4.69, 9.17) is 10.2 Å². The smallest absolute Gasteiger partial charge is 0.138 e. The van der Waals surface area contributed by atoms with Crippen molar-refractivity contribution >= 4 is 0 Å². The summed E-state index contributed by atoms with van der Waals surface area (Å²) in [6.45, 7) is 0.302. The summed E-state index contributed by atoms with van der Waals surface area (Å²) in [4.78, 5) is 0. The lowest BCUT2D eigenvalue weighted by Gasteiger charge is -2.04. The molecule has 0 radical (unpaired) electrons. The maximum Gasteiger partial charge on any atom is 0.138 e. The number of tetrazole rings is 1. The Labute approximate surface area is 63.5 Å². The van der Waals surface area contributed by atoms with Crippen LogP contribution in [0.4, 0.5) is 0 Å². The number of aliphatic hydroxyl groups excluding tert-OH is 2. The molecule has 0 aliphatic rings. The highest BCUT2D eigenvalue weighted by Crippen LogP contribution is 1.92. The van der Waals surface area contributed by atoms with E-state index in [0.717, 1.165) is 0 Å². The van der Waals surface area contributed by atoms with Crippen molar-refractivity contribution in [2.45, 2.75) is 19.1 Å². The first kappa shape index (κ1) is 8.09. The van der Waals surface area contributed by atoms with E-state index in [1.165, 1.54) is 11.0 Å². The van der Waals surface area contributed by atoms with Crippen LogP contribution in [0.3, 0.4) is 0 Å². The number of hydrogen-bond donors (Lipinski definition) is 2. The van der Waals surface area contributed by atoms with Gasteiger partial charge in [0.2, 0.25) is 0 Å². The molecule has 0 spiro atoms. The van der Waals surface area contributed by atoms with Gasteiger partial charge in [-0.2, -0.15) is 0 Å². The highest BCUT2D eigenvalue weighted by molar-refractivity contribution is 4.54. The summed E-state index contributed by atoms with van der Waals surface area (Å²) in [6, 6.07) is 0. The maximum absolute atomic E-state index is 8.92. The number of aromatic nitrogens is 4. The fourth-order valence-corrected chi connectivity index (χ4v) is 0.655. The summed E-state index contributed by atoms with van der Waals surface area (Å²) < 4.78 is 1.50. The summed E-state index contributed by atoms with van der Waals surface area (Å²) in [7, 11) is 0. The zero-order valence-electron chi connectivity index (χ0n) is 5.96. The Balaban J connectivity index is 2.23. The van der Waals surface area contributed by atoms with Gasteiger partial charge in [0.15, 0.2) is 0 Å². The van der Waals surface area contributed by atoms with Gasteiger partial charge in [-0.3, -0.25) is 0 Å². The van der Waals surface area contributed by atoms with E-state index in [9.17, 15) is 0 Å². The second kappa shape index (κ2) is 3.99. The molecule has 0 aromatic carbocycles. The van der Waals surface area contributed by atoms with Crippen molar-refractivity contribution in [3.05, 3.63) is 6.33 Å². The van der Waals surface area contributed by atoms with Crippen molar-refractivity contribution in [2.24, 2.45) is 0 Å². The first-order valence-corrected chi connectivity index (χ1v) is 3.32. The molecular formula is C5H10N4O2. The molecule has 0 saturated carbocycles. The van der Waals surface area contributed by atoms with Crippen LogP contribution in [0.15, 0.2) is 6.33 Å². The normalized spacial score (nSPS) is 13.3. The standard InChI is InChI=1S/C5H10N4O2/c10-3-5(11)1-2-9-4-6-7-8-9/h4-5,10-11H,1-3H2. The summed E-state index contributed by atoms with van der Waals surface area (Å²) in [6.07, 6.45) is 1.24. The van der Waals surface area contributed by atoms with Gasteiger partial charge < -0.3 is 10.2 Å². The Morgan fingerprint density at radius 3 is 2.91 bits per heavy atom. The predicted octanol–water partition coefficient (Wildman–Crippen LogP) is -1.58. The third-order valence-electron chi connectivity index (χ3n) is 1.29. The quantitative estimate of drug-likeness (QED) is 0.552. The Morgan fingerprint density at radius 2 is 2.36 bits per heavy atom. The van der Waals surface area contributed by atoms with Crippen molar-refractivity contribution in [3.8, 4) is 0 Å². The lowest BCUT2D eigenvalue weighted by atomic mass is 10.3. The molecule has 11 heavy (non-hydrogen) atoms.